The highest BCUT2D eigenvalue weighted by Crippen LogP contribution is 2.42. The van der Waals surface area contributed by atoms with Crippen molar-refractivity contribution in [1.82, 2.24) is 4.98 Å². The average molecular weight is 1610 g/mol. The summed E-state index contributed by atoms with van der Waals surface area (Å²) in [6, 6.07) is 95.6. The van der Waals surface area contributed by atoms with Crippen LogP contribution in [0.2, 0.25) is 0 Å². The van der Waals surface area contributed by atoms with E-state index in [4.69, 9.17) is 80.5 Å². The van der Waals surface area contributed by atoms with E-state index in [1.165, 1.54) is 24.3 Å². The highest BCUT2D eigenvalue weighted by molar-refractivity contribution is 7.99. The molecule has 0 radical (unpaired) electrons. The predicted octanol–water partition coefficient (Wildman–Crippen LogP) is 15.8. The van der Waals surface area contributed by atoms with Gasteiger partial charge >= 0.3 is 29.8 Å². The Labute approximate surface area is 686 Å². The quantitative estimate of drug-likeness (QED) is 0.0268. The minimum absolute atomic E-state index is 0.0187. The molecule has 15 unspecified atom stereocenters. The highest BCUT2D eigenvalue weighted by atomic mass is 32.2. The van der Waals surface area contributed by atoms with Gasteiger partial charge in [-0.05, 0) is 112 Å². The Morgan fingerprint density at radius 2 is 0.568 bits per heavy atom. The summed E-state index contributed by atoms with van der Waals surface area (Å²) in [6.07, 6.45) is -20.6. The summed E-state index contributed by atoms with van der Waals surface area (Å²) in [5.74, 6) is -4.47. The molecular weight excluding hydrogens is 1520 g/mol. The first-order valence-corrected chi connectivity index (χ1v) is 39.7. The summed E-state index contributed by atoms with van der Waals surface area (Å²) in [5.41, 5.74) is 4.32. The SMILES string of the molecule is O=C(OC1C(COC2OC(COCc3ccccc3)C(OCc3ccccc3)C(OCc3ccccc3)C2OCc2ccccc2)OC(OCC2OC(Sc3nc4ccccc4o3)C(OCc3ccccc3)C(OC(=O)c3ccccc3)C2OC(=O)c2ccccc2)C(OC(=O)c2ccccc2)C1OC(=O)c1ccccc1)c1ccccc1. The van der Waals surface area contributed by atoms with Crippen LogP contribution in [0.15, 0.2) is 337 Å². The molecule has 0 N–H and O–H groups in total. The Hall–Kier alpha value is -11.8. The van der Waals surface area contributed by atoms with Crippen LogP contribution < -0.4 is 0 Å². The molecular formula is C95H85NO21S. The van der Waals surface area contributed by atoms with E-state index < -0.39 is 134 Å². The number of thioether (sulfide) groups is 1. The topological polar surface area (TPSA) is 250 Å². The molecule has 15 atom stereocenters. The van der Waals surface area contributed by atoms with Gasteiger partial charge in [-0.25, -0.2) is 29.0 Å². The van der Waals surface area contributed by atoms with Gasteiger partial charge in [-0.1, -0.05) is 255 Å². The Kier molecular flexibility index (Phi) is 28.2. The van der Waals surface area contributed by atoms with Gasteiger partial charge in [-0.3, -0.25) is 0 Å². The molecule has 0 saturated carbocycles. The van der Waals surface area contributed by atoms with E-state index >= 15 is 19.2 Å². The number of carbonyl (C=O) groups is 5. The molecule has 0 spiro atoms. The third kappa shape index (κ3) is 21.5. The fourth-order valence-corrected chi connectivity index (χ4v) is 15.0. The number of hydrogen-bond donors (Lipinski definition) is 0. The molecule has 602 valence electrons. The van der Waals surface area contributed by atoms with Crippen LogP contribution in [0.1, 0.15) is 79.6 Å². The largest absolute Gasteiger partial charge is 0.452 e. The lowest BCUT2D eigenvalue weighted by molar-refractivity contribution is -0.346. The minimum atomic E-state index is -1.91. The molecule has 12 aromatic rings. The van der Waals surface area contributed by atoms with E-state index in [1.807, 2.05) is 158 Å². The standard InChI is InChI=1S/C95H85NO21S/c97-87(68-43-21-6-22-44-68)113-79-76(61-107-92-84(105-58-66-39-17-4-18-40-66)81(104-57-65-37-15-3-16-38-65)78(103-56-64-35-13-2-14-36-64)75(109-92)60-102-55-63-33-11-1-12-34-63)110-93(85(117-91(101)72-51-29-10-30-52-72)82(79)115-89(99)70-47-25-8-26-48-70)108-62-77-80(114-88(98)69-45-23-7-24-46-69)83(116-90(100)71-49-27-9-28-50-71)86(106-59-67-41-19-5-20-42-67)94(111-77)118-95-96-73-53-31-32-54-74(73)112-95/h1-54,75-86,92-94H,55-62H2. The summed E-state index contributed by atoms with van der Waals surface area (Å²) in [7, 11) is 0. The molecule has 15 rings (SSSR count). The van der Waals surface area contributed by atoms with Gasteiger partial charge in [0.25, 0.3) is 5.22 Å². The molecule has 11 aromatic carbocycles. The van der Waals surface area contributed by atoms with Gasteiger partial charge in [0.2, 0.25) is 0 Å². The number of oxazole rings is 1. The number of esters is 5. The second-order valence-corrected chi connectivity index (χ2v) is 29.1. The lowest BCUT2D eigenvalue weighted by atomic mass is 9.96. The highest BCUT2D eigenvalue weighted by Gasteiger charge is 2.57. The van der Waals surface area contributed by atoms with E-state index in [0.29, 0.717) is 11.1 Å². The van der Waals surface area contributed by atoms with Gasteiger partial charge in [-0.2, -0.15) is 0 Å². The molecule has 23 heteroatoms. The molecule has 3 saturated heterocycles. The molecule has 3 aliphatic heterocycles. The number of aromatic nitrogens is 1. The maximum Gasteiger partial charge on any atom is 0.338 e. The second kappa shape index (κ2) is 40.9. The van der Waals surface area contributed by atoms with Crippen LogP contribution in [-0.4, -0.2) is 146 Å². The van der Waals surface area contributed by atoms with Crippen LogP contribution in [0.4, 0.5) is 0 Å². The molecule has 3 fully saturated rings. The van der Waals surface area contributed by atoms with Crippen molar-refractivity contribution in [1.29, 1.82) is 0 Å². The molecule has 3 aliphatic rings. The van der Waals surface area contributed by atoms with E-state index in [2.05, 4.69) is 0 Å². The van der Waals surface area contributed by atoms with Crippen molar-refractivity contribution in [3.8, 4) is 0 Å². The number of carbonyl (C=O) groups excluding carboxylic acids is 5. The van der Waals surface area contributed by atoms with Crippen LogP contribution in [0.3, 0.4) is 0 Å². The number of para-hydroxylation sites is 2. The zero-order chi connectivity index (χ0) is 80.6. The Morgan fingerprint density at radius 1 is 0.271 bits per heavy atom. The predicted molar refractivity (Wildman–Crippen MR) is 432 cm³/mol. The normalized spacial score (nSPS) is 22.9. The molecule has 0 aliphatic carbocycles. The summed E-state index contributed by atoms with van der Waals surface area (Å²) < 4.78 is 110. The first-order chi connectivity index (χ1) is 58.1. The third-order valence-corrected chi connectivity index (χ3v) is 20.9. The lowest BCUT2D eigenvalue weighted by Crippen LogP contribution is -2.65. The molecule has 118 heavy (non-hydrogen) atoms. The van der Waals surface area contributed by atoms with Crippen LogP contribution in [0, 0.1) is 0 Å². The van der Waals surface area contributed by atoms with E-state index in [-0.39, 0.29) is 72.7 Å². The Balaban J connectivity index is 0.852. The molecule has 4 heterocycles. The molecule has 0 amide bonds. The number of rotatable bonds is 34. The Morgan fingerprint density at radius 3 is 0.966 bits per heavy atom. The van der Waals surface area contributed by atoms with Crippen molar-refractivity contribution < 1.29 is 99.4 Å². The molecule has 1 aromatic heterocycles. The maximum absolute atomic E-state index is 15.2. The van der Waals surface area contributed by atoms with E-state index in [0.717, 1.165) is 39.6 Å². The van der Waals surface area contributed by atoms with Gasteiger partial charge in [0.05, 0.1) is 80.7 Å². The van der Waals surface area contributed by atoms with Crippen molar-refractivity contribution >= 4 is 52.7 Å². The van der Waals surface area contributed by atoms with E-state index in [1.54, 1.807) is 146 Å². The number of benzene rings is 11. The number of fused-ring (bicyclic) bond motifs is 1. The van der Waals surface area contributed by atoms with Crippen molar-refractivity contribution in [3.63, 3.8) is 0 Å². The van der Waals surface area contributed by atoms with Crippen LogP contribution in [0.25, 0.3) is 11.1 Å². The van der Waals surface area contributed by atoms with E-state index in [9.17, 15) is 4.79 Å². The van der Waals surface area contributed by atoms with Crippen LogP contribution in [-0.2, 0) is 104 Å². The number of hydrogen-bond acceptors (Lipinski definition) is 23. The van der Waals surface area contributed by atoms with Crippen LogP contribution >= 0.6 is 11.8 Å². The van der Waals surface area contributed by atoms with Crippen LogP contribution in [0.5, 0.6) is 0 Å². The van der Waals surface area contributed by atoms with Gasteiger partial charge in [0.15, 0.2) is 48.7 Å². The van der Waals surface area contributed by atoms with Crippen molar-refractivity contribution in [2.75, 3.05) is 19.8 Å². The van der Waals surface area contributed by atoms with Crippen molar-refractivity contribution in [3.05, 3.63) is 383 Å². The van der Waals surface area contributed by atoms with Gasteiger partial charge in [0, 0.05) is 0 Å². The molecule has 22 nitrogen and oxygen atoms in total. The maximum atomic E-state index is 15.2. The molecule has 0 bridgehead atoms. The van der Waals surface area contributed by atoms with Gasteiger partial charge < -0.3 is 75.5 Å². The smallest absolute Gasteiger partial charge is 0.338 e. The Bertz CT molecular complexity index is 5100. The van der Waals surface area contributed by atoms with Gasteiger partial charge in [-0.15, -0.1) is 0 Å². The number of ether oxygens (including phenoxy) is 15. The third-order valence-electron chi connectivity index (χ3n) is 19.9. The fraction of sp³-hybridized carbons (Fsp3) is 0.242. The summed E-state index contributed by atoms with van der Waals surface area (Å²) in [5, 5.41) is 0.127. The second-order valence-electron chi connectivity index (χ2n) is 28.1. The average Bonchev–Trinajstić information content (AvgIpc) is 0.958. The van der Waals surface area contributed by atoms with Crippen molar-refractivity contribution in [2.45, 2.75) is 130 Å². The first-order valence-electron chi connectivity index (χ1n) is 38.8. The lowest BCUT2D eigenvalue weighted by Gasteiger charge is -2.48. The van der Waals surface area contributed by atoms with Crippen molar-refractivity contribution in [2.24, 2.45) is 0 Å². The number of nitrogens with zero attached hydrogens (tertiary/aromatic N) is 1. The van der Waals surface area contributed by atoms with Gasteiger partial charge in [0.1, 0.15) is 53.7 Å². The summed E-state index contributed by atoms with van der Waals surface area (Å²) in [4.78, 5) is 80.3. The first kappa shape index (κ1) is 81.3. The minimum Gasteiger partial charge on any atom is -0.452 e. The summed E-state index contributed by atoms with van der Waals surface area (Å²) in [6.45, 7) is -1.02. The zero-order valence-corrected chi connectivity index (χ0v) is 64.7. The summed E-state index contributed by atoms with van der Waals surface area (Å²) >= 11 is 1.01. The zero-order valence-electron chi connectivity index (χ0n) is 63.9. The monoisotopic (exact) mass is 1610 g/mol. The fourth-order valence-electron chi connectivity index (χ4n) is 14.0.